The normalized spacial score (nSPS) is 13.9. The molecule has 0 heterocycles. The lowest BCUT2D eigenvalue weighted by molar-refractivity contribution is -0.145. The molecule has 0 bridgehead atoms. The van der Waals surface area contributed by atoms with Crippen LogP contribution in [0, 0.1) is 5.41 Å². The lowest BCUT2D eigenvalue weighted by atomic mass is 9.86. The molecule has 0 aromatic heterocycles. The number of hydrogen-bond donors (Lipinski definition) is 0. The van der Waals surface area contributed by atoms with Crippen LogP contribution in [0.1, 0.15) is 27.2 Å². The van der Waals surface area contributed by atoms with E-state index in [2.05, 4.69) is 31.9 Å². The molecular weight excluding hydrogens is 300 g/mol. The summed E-state index contributed by atoms with van der Waals surface area (Å²) in [5.41, 5.74) is -0.0737. The van der Waals surface area contributed by atoms with Gasteiger partial charge < -0.3 is 4.74 Å². The fourth-order valence-corrected chi connectivity index (χ4v) is 1.94. The molecular formula is C9H16Br2O2. The minimum absolute atomic E-state index is 0.0737. The number of alkyl halides is 2. The van der Waals surface area contributed by atoms with E-state index in [4.69, 9.17) is 4.74 Å². The highest BCUT2D eigenvalue weighted by Gasteiger charge is 2.29. The van der Waals surface area contributed by atoms with Gasteiger partial charge in [0.05, 0.1) is 13.0 Å². The number of carbonyl (C=O) groups excluding carboxylic acids is 1. The molecule has 2 nitrogen and oxygen atoms in total. The molecule has 1 atom stereocenters. The minimum atomic E-state index is -0.127. The molecule has 0 rings (SSSR count). The summed E-state index contributed by atoms with van der Waals surface area (Å²) < 4.78 is 4.90. The molecule has 0 saturated carbocycles. The van der Waals surface area contributed by atoms with Gasteiger partial charge >= 0.3 is 5.97 Å². The van der Waals surface area contributed by atoms with E-state index in [-0.39, 0.29) is 16.2 Å². The summed E-state index contributed by atoms with van der Waals surface area (Å²) in [6, 6.07) is 0. The zero-order valence-corrected chi connectivity index (χ0v) is 11.4. The Bertz CT molecular complexity index is 169. The highest BCUT2D eigenvalue weighted by Crippen LogP contribution is 2.32. The average Bonchev–Trinajstić information content (AvgIpc) is 2.02. The van der Waals surface area contributed by atoms with E-state index in [9.17, 15) is 4.79 Å². The second-order valence-electron chi connectivity index (χ2n) is 3.59. The summed E-state index contributed by atoms with van der Waals surface area (Å²) in [6.45, 7) is 6.37. The van der Waals surface area contributed by atoms with Crippen molar-refractivity contribution in [3.63, 3.8) is 0 Å². The van der Waals surface area contributed by atoms with Crippen LogP contribution in [0.5, 0.6) is 0 Å². The van der Waals surface area contributed by atoms with Gasteiger partial charge in [0.2, 0.25) is 0 Å². The van der Waals surface area contributed by atoms with Crippen LogP contribution in [0.3, 0.4) is 0 Å². The maximum atomic E-state index is 11.2. The fourth-order valence-electron chi connectivity index (χ4n) is 0.904. The van der Waals surface area contributed by atoms with Gasteiger partial charge in [-0.2, -0.15) is 0 Å². The number of carbonyl (C=O) groups is 1. The Morgan fingerprint density at radius 1 is 1.54 bits per heavy atom. The first kappa shape index (κ1) is 13.4. The third-order valence-electron chi connectivity index (χ3n) is 1.89. The monoisotopic (exact) mass is 314 g/mol. The molecule has 0 aromatic rings. The Hall–Kier alpha value is 0.430. The van der Waals surface area contributed by atoms with Crippen molar-refractivity contribution < 1.29 is 9.53 Å². The quantitative estimate of drug-likeness (QED) is 0.575. The van der Waals surface area contributed by atoms with Crippen LogP contribution in [0.4, 0.5) is 0 Å². The third kappa shape index (κ3) is 5.01. The van der Waals surface area contributed by atoms with Crippen LogP contribution < -0.4 is 0 Å². The first-order valence-corrected chi connectivity index (χ1v) is 6.33. The lowest BCUT2D eigenvalue weighted by Crippen LogP contribution is -2.29. The van der Waals surface area contributed by atoms with Crippen LogP contribution >= 0.6 is 31.9 Å². The second-order valence-corrected chi connectivity index (χ2v) is 5.35. The largest absolute Gasteiger partial charge is 0.466 e. The van der Waals surface area contributed by atoms with Gasteiger partial charge in [0.15, 0.2) is 0 Å². The van der Waals surface area contributed by atoms with Crippen molar-refractivity contribution in [1.82, 2.24) is 0 Å². The van der Waals surface area contributed by atoms with E-state index >= 15 is 0 Å². The zero-order valence-electron chi connectivity index (χ0n) is 8.27. The van der Waals surface area contributed by atoms with Crippen LogP contribution in [0.15, 0.2) is 0 Å². The van der Waals surface area contributed by atoms with Crippen LogP contribution in [0.25, 0.3) is 0 Å². The fraction of sp³-hybridized carbons (Fsp3) is 0.889. The van der Waals surface area contributed by atoms with Gasteiger partial charge in [-0.15, -0.1) is 0 Å². The standard InChI is InChI=1S/C9H16Br2O2/c1-4-13-8(12)5-9(2,3)7(11)6-10/h7H,4-6H2,1-3H3. The molecule has 0 spiro atoms. The number of halogens is 2. The topological polar surface area (TPSA) is 26.3 Å². The summed E-state index contributed by atoms with van der Waals surface area (Å²) in [6.07, 6.45) is 0.447. The molecule has 0 saturated heterocycles. The van der Waals surface area contributed by atoms with Crippen molar-refractivity contribution in [2.45, 2.75) is 32.0 Å². The maximum absolute atomic E-state index is 11.2. The number of esters is 1. The van der Waals surface area contributed by atoms with Crippen molar-refractivity contribution in [3.05, 3.63) is 0 Å². The SMILES string of the molecule is CCOC(=O)CC(C)(C)C(Br)CBr. The van der Waals surface area contributed by atoms with E-state index in [0.29, 0.717) is 13.0 Å². The van der Waals surface area contributed by atoms with E-state index in [0.717, 1.165) is 5.33 Å². The number of ether oxygens (including phenoxy) is 1. The van der Waals surface area contributed by atoms with Gasteiger partial charge in [0, 0.05) is 10.2 Å². The molecule has 0 N–H and O–H groups in total. The van der Waals surface area contributed by atoms with Crippen molar-refractivity contribution in [1.29, 1.82) is 0 Å². The molecule has 0 amide bonds. The first-order chi connectivity index (χ1) is 5.94. The second kappa shape index (κ2) is 6.02. The van der Waals surface area contributed by atoms with E-state index in [1.807, 2.05) is 20.8 Å². The van der Waals surface area contributed by atoms with Gasteiger partial charge in [-0.05, 0) is 12.3 Å². The highest BCUT2D eigenvalue weighted by molar-refractivity contribution is 9.12. The van der Waals surface area contributed by atoms with Crippen molar-refractivity contribution in [2.24, 2.45) is 5.41 Å². The number of hydrogen-bond acceptors (Lipinski definition) is 2. The van der Waals surface area contributed by atoms with Gasteiger partial charge in [-0.25, -0.2) is 0 Å². The molecule has 0 aliphatic heterocycles. The van der Waals surface area contributed by atoms with Gasteiger partial charge in [0.1, 0.15) is 0 Å². The predicted octanol–water partition coefficient (Wildman–Crippen LogP) is 3.12. The molecule has 4 heteroatoms. The molecule has 0 radical (unpaired) electrons. The van der Waals surface area contributed by atoms with Crippen molar-refractivity contribution >= 4 is 37.8 Å². The maximum Gasteiger partial charge on any atom is 0.306 e. The molecule has 0 aliphatic carbocycles. The Labute approximate surface area is 96.7 Å². The van der Waals surface area contributed by atoms with Crippen LogP contribution in [-0.4, -0.2) is 22.7 Å². The summed E-state index contributed by atoms with van der Waals surface area (Å²) in [7, 11) is 0. The smallest absolute Gasteiger partial charge is 0.306 e. The summed E-state index contributed by atoms with van der Waals surface area (Å²) in [4.78, 5) is 11.5. The first-order valence-electron chi connectivity index (χ1n) is 4.29. The summed E-state index contributed by atoms with van der Waals surface area (Å²) in [5, 5.41) is 0.833. The third-order valence-corrected chi connectivity index (χ3v) is 4.97. The van der Waals surface area contributed by atoms with Crippen LogP contribution in [-0.2, 0) is 9.53 Å². The summed E-state index contributed by atoms with van der Waals surface area (Å²) in [5.74, 6) is -0.127. The Balaban J connectivity index is 4.08. The molecule has 0 aromatic carbocycles. The van der Waals surface area contributed by atoms with Crippen molar-refractivity contribution in [2.75, 3.05) is 11.9 Å². The molecule has 0 aliphatic rings. The summed E-state index contributed by atoms with van der Waals surface area (Å²) >= 11 is 6.90. The van der Waals surface area contributed by atoms with Crippen LogP contribution in [0.2, 0.25) is 0 Å². The Morgan fingerprint density at radius 2 is 2.08 bits per heavy atom. The number of rotatable bonds is 5. The molecule has 78 valence electrons. The zero-order chi connectivity index (χ0) is 10.5. The lowest BCUT2D eigenvalue weighted by Gasteiger charge is -2.27. The highest BCUT2D eigenvalue weighted by atomic mass is 79.9. The molecule has 13 heavy (non-hydrogen) atoms. The van der Waals surface area contributed by atoms with Gasteiger partial charge in [-0.1, -0.05) is 45.7 Å². The van der Waals surface area contributed by atoms with E-state index in [1.165, 1.54) is 0 Å². The average molecular weight is 316 g/mol. The molecule has 1 unspecified atom stereocenters. The van der Waals surface area contributed by atoms with Crippen molar-refractivity contribution in [3.8, 4) is 0 Å². The molecule has 0 fully saturated rings. The van der Waals surface area contributed by atoms with E-state index in [1.54, 1.807) is 0 Å². The van der Waals surface area contributed by atoms with E-state index < -0.39 is 0 Å². The minimum Gasteiger partial charge on any atom is -0.466 e. The predicted molar refractivity (Wildman–Crippen MR) is 61.5 cm³/mol. The van der Waals surface area contributed by atoms with Gasteiger partial charge in [-0.3, -0.25) is 4.79 Å². The van der Waals surface area contributed by atoms with Gasteiger partial charge in [0.25, 0.3) is 0 Å². The Morgan fingerprint density at radius 3 is 2.46 bits per heavy atom. The Kier molecular flexibility index (Phi) is 6.21.